The van der Waals surface area contributed by atoms with E-state index in [1.165, 1.54) is 12.4 Å². The number of aromatic amines is 1. The van der Waals surface area contributed by atoms with Gasteiger partial charge in [0.25, 0.3) is 0 Å². The average molecular weight is 405 g/mol. The Labute approximate surface area is 172 Å². The van der Waals surface area contributed by atoms with Gasteiger partial charge in [-0.15, -0.1) is 0 Å². The molecule has 1 saturated heterocycles. The van der Waals surface area contributed by atoms with Crippen LogP contribution in [0.2, 0.25) is 0 Å². The summed E-state index contributed by atoms with van der Waals surface area (Å²) < 4.78 is 25.8. The highest BCUT2D eigenvalue weighted by molar-refractivity contribution is 5.97. The lowest BCUT2D eigenvalue weighted by Crippen LogP contribution is -2.35. The van der Waals surface area contributed by atoms with Gasteiger partial charge in [-0.1, -0.05) is 0 Å². The lowest BCUT2D eigenvalue weighted by atomic mass is 10.1. The maximum absolute atomic E-state index is 14.3. The van der Waals surface area contributed by atoms with E-state index in [0.717, 1.165) is 35.3 Å². The maximum Gasteiger partial charge on any atom is 0.141 e. The second-order valence-electron chi connectivity index (χ2n) is 7.12. The Morgan fingerprint density at radius 1 is 1.10 bits per heavy atom. The molecule has 0 spiro atoms. The van der Waals surface area contributed by atoms with Crippen LogP contribution in [0.15, 0.2) is 55.2 Å². The summed E-state index contributed by atoms with van der Waals surface area (Å²) in [5.74, 6) is 0.699. The molecule has 0 unspecified atom stereocenters. The van der Waals surface area contributed by atoms with E-state index in [0.29, 0.717) is 36.9 Å². The molecule has 1 aliphatic heterocycles. The van der Waals surface area contributed by atoms with Crippen LogP contribution in [-0.2, 0) is 11.3 Å². The van der Waals surface area contributed by atoms with Crippen molar-refractivity contribution in [3.63, 3.8) is 0 Å². The SMILES string of the molecule is Fc1cc(CN2CCOCC2)cc(Oc2ccnc3[nH]cc(-c4ccncn4)c23)c1. The molecule has 4 heterocycles. The molecule has 30 heavy (non-hydrogen) atoms. The Morgan fingerprint density at radius 2 is 2.00 bits per heavy atom. The van der Waals surface area contributed by atoms with Crippen LogP contribution in [0.3, 0.4) is 0 Å². The van der Waals surface area contributed by atoms with Crippen molar-refractivity contribution in [2.75, 3.05) is 26.3 Å². The summed E-state index contributed by atoms with van der Waals surface area (Å²) >= 11 is 0. The predicted octanol–water partition coefficient (Wildman–Crippen LogP) is 3.78. The van der Waals surface area contributed by atoms with Crippen molar-refractivity contribution in [3.8, 4) is 22.8 Å². The normalized spacial score (nSPS) is 14.8. The molecule has 0 saturated carbocycles. The molecule has 0 aliphatic carbocycles. The van der Waals surface area contributed by atoms with Crippen molar-refractivity contribution >= 4 is 11.0 Å². The van der Waals surface area contributed by atoms with Gasteiger partial charge in [0.15, 0.2) is 0 Å². The number of hydrogen-bond acceptors (Lipinski definition) is 6. The van der Waals surface area contributed by atoms with Crippen LogP contribution in [0, 0.1) is 5.82 Å². The number of nitrogens with one attached hydrogen (secondary N) is 1. The molecule has 0 amide bonds. The third-order valence-corrected chi connectivity index (χ3v) is 5.06. The molecule has 1 N–H and O–H groups in total. The summed E-state index contributed by atoms with van der Waals surface area (Å²) in [6, 6.07) is 8.41. The minimum Gasteiger partial charge on any atom is -0.456 e. The average Bonchev–Trinajstić information content (AvgIpc) is 3.20. The molecule has 152 valence electrons. The second kappa shape index (κ2) is 8.17. The van der Waals surface area contributed by atoms with E-state index in [-0.39, 0.29) is 5.82 Å². The minimum atomic E-state index is -0.328. The monoisotopic (exact) mass is 405 g/mol. The zero-order valence-electron chi connectivity index (χ0n) is 16.2. The first kappa shape index (κ1) is 18.7. The first-order chi connectivity index (χ1) is 14.8. The molecule has 7 nitrogen and oxygen atoms in total. The van der Waals surface area contributed by atoms with Crippen LogP contribution < -0.4 is 4.74 Å². The molecule has 1 aromatic carbocycles. The van der Waals surface area contributed by atoms with Crippen LogP contribution in [0.5, 0.6) is 11.5 Å². The summed E-state index contributed by atoms with van der Waals surface area (Å²) in [6.07, 6.45) is 6.67. The minimum absolute atomic E-state index is 0.328. The van der Waals surface area contributed by atoms with Crippen molar-refractivity contribution in [1.82, 2.24) is 24.8 Å². The smallest absolute Gasteiger partial charge is 0.141 e. The third kappa shape index (κ3) is 3.87. The largest absolute Gasteiger partial charge is 0.456 e. The van der Waals surface area contributed by atoms with Gasteiger partial charge in [-0.25, -0.2) is 19.3 Å². The maximum atomic E-state index is 14.3. The fourth-order valence-corrected chi connectivity index (χ4v) is 3.68. The second-order valence-corrected chi connectivity index (χ2v) is 7.12. The van der Waals surface area contributed by atoms with Crippen LogP contribution in [0.25, 0.3) is 22.3 Å². The zero-order valence-corrected chi connectivity index (χ0v) is 16.2. The van der Waals surface area contributed by atoms with E-state index in [9.17, 15) is 4.39 Å². The van der Waals surface area contributed by atoms with Gasteiger partial charge in [-0.3, -0.25) is 4.90 Å². The molecule has 3 aromatic heterocycles. The summed E-state index contributed by atoms with van der Waals surface area (Å²) in [5, 5.41) is 0.787. The molecular weight excluding hydrogens is 385 g/mol. The standard InChI is InChI=1S/C22H20FN5O2/c23-16-9-15(13-28-5-7-29-8-6-28)10-17(11-16)30-20-2-4-25-22-21(20)18(12-26-22)19-1-3-24-14-27-19/h1-4,9-12,14H,5-8,13H2,(H,25,26). The molecule has 0 radical (unpaired) electrons. The van der Waals surface area contributed by atoms with Gasteiger partial charge in [0.2, 0.25) is 0 Å². The van der Waals surface area contributed by atoms with Crippen molar-refractivity contribution in [2.45, 2.75) is 6.54 Å². The van der Waals surface area contributed by atoms with Gasteiger partial charge in [-0.2, -0.15) is 0 Å². The van der Waals surface area contributed by atoms with Crippen molar-refractivity contribution in [2.24, 2.45) is 0 Å². The topological polar surface area (TPSA) is 76.2 Å². The molecule has 5 rings (SSSR count). The van der Waals surface area contributed by atoms with Crippen molar-refractivity contribution in [3.05, 3.63) is 66.6 Å². The van der Waals surface area contributed by atoms with Crippen LogP contribution in [0.1, 0.15) is 5.56 Å². The van der Waals surface area contributed by atoms with Crippen molar-refractivity contribution in [1.29, 1.82) is 0 Å². The lowest BCUT2D eigenvalue weighted by molar-refractivity contribution is 0.0341. The van der Waals surface area contributed by atoms with Crippen LogP contribution in [0.4, 0.5) is 4.39 Å². The van der Waals surface area contributed by atoms with E-state index in [4.69, 9.17) is 9.47 Å². The first-order valence-electron chi connectivity index (χ1n) is 9.76. The number of morpholine rings is 1. The van der Waals surface area contributed by atoms with Gasteiger partial charge in [-0.05, 0) is 29.8 Å². The number of halogens is 1. The number of hydrogen-bond donors (Lipinski definition) is 1. The van der Waals surface area contributed by atoms with Gasteiger partial charge in [0.1, 0.15) is 29.3 Å². The zero-order chi connectivity index (χ0) is 20.3. The first-order valence-corrected chi connectivity index (χ1v) is 9.76. The summed E-state index contributed by atoms with van der Waals surface area (Å²) in [6.45, 7) is 3.73. The lowest BCUT2D eigenvalue weighted by Gasteiger charge is -2.26. The molecule has 4 aromatic rings. The highest BCUT2D eigenvalue weighted by Crippen LogP contribution is 2.36. The van der Waals surface area contributed by atoms with Crippen molar-refractivity contribution < 1.29 is 13.9 Å². The van der Waals surface area contributed by atoms with Crippen LogP contribution in [-0.4, -0.2) is 51.1 Å². The Morgan fingerprint density at radius 3 is 2.83 bits per heavy atom. The summed E-state index contributed by atoms with van der Waals surface area (Å²) in [4.78, 5) is 18.1. The van der Waals surface area contributed by atoms with Gasteiger partial charge in [0.05, 0.1) is 24.3 Å². The number of benzene rings is 1. The number of pyridine rings is 1. The van der Waals surface area contributed by atoms with E-state index in [2.05, 4.69) is 24.8 Å². The van der Waals surface area contributed by atoms with E-state index in [1.807, 2.05) is 18.3 Å². The van der Waals surface area contributed by atoms with Gasteiger partial charge >= 0.3 is 0 Å². The Bertz CT molecular complexity index is 1160. The third-order valence-electron chi connectivity index (χ3n) is 5.06. The fourth-order valence-electron chi connectivity index (χ4n) is 3.68. The number of aromatic nitrogens is 4. The number of nitrogens with zero attached hydrogens (tertiary/aromatic N) is 4. The number of rotatable bonds is 5. The molecule has 0 atom stereocenters. The van der Waals surface area contributed by atoms with Crippen LogP contribution >= 0.6 is 0 Å². The Hall–Kier alpha value is -3.36. The van der Waals surface area contributed by atoms with E-state index in [1.54, 1.807) is 24.5 Å². The Balaban J connectivity index is 1.48. The predicted molar refractivity (Wildman–Crippen MR) is 110 cm³/mol. The van der Waals surface area contributed by atoms with E-state index >= 15 is 0 Å². The quantitative estimate of drug-likeness (QED) is 0.545. The summed E-state index contributed by atoms with van der Waals surface area (Å²) in [7, 11) is 0. The highest BCUT2D eigenvalue weighted by Gasteiger charge is 2.16. The number of ether oxygens (including phenoxy) is 2. The number of H-pyrrole nitrogens is 1. The summed E-state index contributed by atoms with van der Waals surface area (Å²) in [5.41, 5.74) is 3.13. The molecule has 1 aliphatic rings. The molecular formula is C22H20FN5O2. The fraction of sp³-hybridized carbons (Fsp3) is 0.227. The van der Waals surface area contributed by atoms with Gasteiger partial charge < -0.3 is 14.5 Å². The Kier molecular flexibility index (Phi) is 5.08. The van der Waals surface area contributed by atoms with E-state index < -0.39 is 0 Å². The molecule has 1 fully saturated rings. The number of fused-ring (bicyclic) bond motifs is 1. The molecule has 8 heteroatoms. The molecule has 0 bridgehead atoms. The highest BCUT2D eigenvalue weighted by atomic mass is 19.1. The van der Waals surface area contributed by atoms with Gasteiger partial charge in [0, 0.05) is 49.9 Å².